The van der Waals surface area contributed by atoms with Crippen molar-refractivity contribution in [2.45, 2.75) is 13.3 Å². The quantitative estimate of drug-likeness (QED) is 0.841. The average Bonchev–Trinajstić information content (AvgIpc) is 2.63. The first kappa shape index (κ1) is 14.7. The Hall–Kier alpha value is -1.69. The van der Waals surface area contributed by atoms with E-state index in [2.05, 4.69) is 4.90 Å². The molecule has 6 heteroatoms. The van der Waals surface area contributed by atoms with Crippen LogP contribution in [0.4, 0.5) is 10.1 Å². The van der Waals surface area contributed by atoms with Crippen LogP contribution in [0.15, 0.2) is 18.2 Å². The smallest absolute Gasteiger partial charge is 0.219 e. The molecule has 0 aromatic heterocycles. The average molecular weight is 295 g/mol. The van der Waals surface area contributed by atoms with E-state index in [-0.39, 0.29) is 16.5 Å². The topological polar surface area (TPSA) is 49.6 Å². The van der Waals surface area contributed by atoms with E-state index in [1.165, 1.54) is 6.07 Å². The van der Waals surface area contributed by atoms with Gasteiger partial charge in [0, 0.05) is 44.4 Å². The van der Waals surface area contributed by atoms with E-state index in [1.807, 2.05) is 11.0 Å². The number of amides is 1. The lowest BCUT2D eigenvalue weighted by Gasteiger charge is -2.23. The third-order valence-electron chi connectivity index (χ3n) is 3.52. The Bertz CT molecular complexity index is 535. The molecule has 0 saturated carbocycles. The number of carbonyl (C=O) groups excluding carboxylic acids is 1. The molecular formula is C14H18FN3OS. The highest BCUT2D eigenvalue weighted by atomic mass is 32.1. The molecule has 0 spiro atoms. The van der Waals surface area contributed by atoms with Crippen molar-refractivity contribution < 1.29 is 9.18 Å². The van der Waals surface area contributed by atoms with Gasteiger partial charge in [0.2, 0.25) is 5.91 Å². The summed E-state index contributed by atoms with van der Waals surface area (Å²) in [5, 5.41) is 0. The molecule has 20 heavy (non-hydrogen) atoms. The fourth-order valence-corrected chi connectivity index (χ4v) is 2.56. The molecule has 0 bridgehead atoms. The lowest BCUT2D eigenvalue weighted by atomic mass is 10.1. The van der Waals surface area contributed by atoms with Crippen LogP contribution in [0.2, 0.25) is 0 Å². The first-order valence-corrected chi connectivity index (χ1v) is 6.99. The maximum atomic E-state index is 13.9. The zero-order valence-electron chi connectivity index (χ0n) is 11.4. The predicted octanol–water partition coefficient (Wildman–Crippen LogP) is 1.52. The molecule has 2 N–H and O–H groups in total. The third-order valence-corrected chi connectivity index (χ3v) is 3.74. The summed E-state index contributed by atoms with van der Waals surface area (Å²) in [6, 6.07) is 4.89. The van der Waals surface area contributed by atoms with Gasteiger partial charge >= 0.3 is 0 Å². The van der Waals surface area contributed by atoms with Crippen molar-refractivity contribution in [2.24, 2.45) is 5.73 Å². The second-order valence-corrected chi connectivity index (χ2v) is 5.31. The highest BCUT2D eigenvalue weighted by Gasteiger charge is 2.17. The van der Waals surface area contributed by atoms with Crippen LogP contribution in [0.1, 0.15) is 18.9 Å². The van der Waals surface area contributed by atoms with Gasteiger partial charge in [-0.2, -0.15) is 0 Å². The molecule has 108 valence electrons. The monoisotopic (exact) mass is 295 g/mol. The largest absolute Gasteiger partial charge is 0.389 e. The fraction of sp³-hybridized carbons (Fsp3) is 0.429. The minimum absolute atomic E-state index is 0.0627. The van der Waals surface area contributed by atoms with Gasteiger partial charge in [-0.3, -0.25) is 4.79 Å². The molecule has 0 aliphatic carbocycles. The van der Waals surface area contributed by atoms with Crippen LogP contribution in [0.5, 0.6) is 0 Å². The Morgan fingerprint density at radius 3 is 2.65 bits per heavy atom. The summed E-state index contributed by atoms with van der Waals surface area (Å²) < 4.78 is 13.9. The van der Waals surface area contributed by atoms with Crippen LogP contribution in [0, 0.1) is 5.82 Å². The number of nitrogens with two attached hydrogens (primary N) is 1. The molecule has 1 aromatic rings. The van der Waals surface area contributed by atoms with Crippen LogP contribution in [-0.4, -0.2) is 42.0 Å². The van der Waals surface area contributed by atoms with Gasteiger partial charge in [0.15, 0.2) is 0 Å². The van der Waals surface area contributed by atoms with Crippen molar-refractivity contribution in [3.8, 4) is 0 Å². The van der Waals surface area contributed by atoms with Crippen LogP contribution >= 0.6 is 12.2 Å². The van der Waals surface area contributed by atoms with Crippen molar-refractivity contribution in [2.75, 3.05) is 31.1 Å². The molecule has 0 unspecified atom stereocenters. The van der Waals surface area contributed by atoms with E-state index in [1.54, 1.807) is 13.0 Å². The van der Waals surface area contributed by atoms with E-state index in [0.717, 1.165) is 25.2 Å². The summed E-state index contributed by atoms with van der Waals surface area (Å²) in [7, 11) is 0. The van der Waals surface area contributed by atoms with E-state index in [4.69, 9.17) is 18.0 Å². The van der Waals surface area contributed by atoms with Gasteiger partial charge in [0.25, 0.3) is 0 Å². The number of rotatable bonds is 2. The molecular weight excluding hydrogens is 277 g/mol. The summed E-state index contributed by atoms with van der Waals surface area (Å²) in [6.45, 7) is 4.49. The number of hydrogen-bond donors (Lipinski definition) is 1. The van der Waals surface area contributed by atoms with Gasteiger partial charge in [-0.1, -0.05) is 12.2 Å². The van der Waals surface area contributed by atoms with Gasteiger partial charge in [-0.05, 0) is 24.6 Å². The molecule has 4 nitrogen and oxygen atoms in total. The Kier molecular flexibility index (Phi) is 4.54. The highest BCUT2D eigenvalue weighted by Crippen LogP contribution is 2.20. The van der Waals surface area contributed by atoms with Crippen molar-refractivity contribution >= 4 is 28.8 Å². The summed E-state index contributed by atoms with van der Waals surface area (Å²) in [5.74, 6) is -0.315. The molecule has 1 saturated heterocycles. The highest BCUT2D eigenvalue weighted by molar-refractivity contribution is 7.80. The van der Waals surface area contributed by atoms with Crippen LogP contribution < -0.4 is 10.6 Å². The predicted molar refractivity (Wildman–Crippen MR) is 81.4 cm³/mol. The van der Waals surface area contributed by atoms with Crippen molar-refractivity contribution in [1.29, 1.82) is 0 Å². The molecule has 1 aromatic carbocycles. The number of hydrogen-bond acceptors (Lipinski definition) is 3. The van der Waals surface area contributed by atoms with Crippen LogP contribution in [-0.2, 0) is 4.79 Å². The summed E-state index contributed by atoms with van der Waals surface area (Å²) in [5.41, 5.74) is 6.52. The van der Waals surface area contributed by atoms with Gasteiger partial charge in [-0.25, -0.2) is 4.39 Å². The van der Waals surface area contributed by atoms with Crippen molar-refractivity contribution in [1.82, 2.24) is 4.90 Å². The molecule has 1 amide bonds. The first-order valence-electron chi connectivity index (χ1n) is 6.59. The molecule has 1 heterocycles. The van der Waals surface area contributed by atoms with Crippen LogP contribution in [0.25, 0.3) is 0 Å². The molecule has 1 fully saturated rings. The zero-order valence-corrected chi connectivity index (χ0v) is 12.3. The van der Waals surface area contributed by atoms with Gasteiger partial charge in [0.05, 0.1) is 0 Å². The Labute approximate surface area is 123 Å². The maximum Gasteiger partial charge on any atom is 0.219 e. The van der Waals surface area contributed by atoms with E-state index >= 15 is 0 Å². The number of anilines is 1. The molecule has 2 rings (SSSR count). The molecule has 0 atom stereocenters. The van der Waals surface area contributed by atoms with E-state index < -0.39 is 5.82 Å². The minimum atomic E-state index is -0.400. The normalized spacial score (nSPS) is 15.9. The first-order chi connectivity index (χ1) is 9.49. The SMILES string of the molecule is CC(=O)N1CCCN(c2ccc(C(N)=S)c(F)c2)CC1. The summed E-state index contributed by atoms with van der Waals surface area (Å²) in [4.78, 5) is 15.3. The second-order valence-electron chi connectivity index (χ2n) is 4.88. The van der Waals surface area contributed by atoms with Gasteiger partial charge < -0.3 is 15.5 Å². The summed E-state index contributed by atoms with van der Waals surface area (Å²) in [6.07, 6.45) is 0.873. The third kappa shape index (κ3) is 3.25. The Morgan fingerprint density at radius 1 is 1.30 bits per heavy atom. The standard InChI is InChI=1S/C14H18FN3OS/c1-10(19)17-5-2-6-18(8-7-17)11-3-4-12(14(16)20)13(15)9-11/h3-4,9H,2,5-8H2,1H3,(H2,16,20). The molecule has 0 radical (unpaired) electrons. The minimum Gasteiger partial charge on any atom is -0.389 e. The van der Waals surface area contributed by atoms with Gasteiger partial charge in [0.1, 0.15) is 10.8 Å². The van der Waals surface area contributed by atoms with Crippen molar-refractivity contribution in [3.05, 3.63) is 29.6 Å². The lowest BCUT2D eigenvalue weighted by Crippen LogP contribution is -2.33. The Balaban J connectivity index is 2.14. The molecule has 1 aliphatic rings. The summed E-state index contributed by atoms with van der Waals surface area (Å²) >= 11 is 4.80. The zero-order chi connectivity index (χ0) is 14.7. The fourth-order valence-electron chi connectivity index (χ4n) is 2.39. The molecule has 1 aliphatic heterocycles. The maximum absolute atomic E-state index is 13.9. The van der Waals surface area contributed by atoms with Gasteiger partial charge in [-0.15, -0.1) is 0 Å². The van der Waals surface area contributed by atoms with E-state index in [0.29, 0.717) is 13.1 Å². The number of benzene rings is 1. The second kappa shape index (κ2) is 6.17. The Morgan fingerprint density at radius 2 is 2.05 bits per heavy atom. The number of carbonyl (C=O) groups is 1. The number of thiocarbonyl (C=S) groups is 1. The number of halogens is 1. The van der Waals surface area contributed by atoms with Crippen molar-refractivity contribution in [3.63, 3.8) is 0 Å². The number of nitrogens with zero attached hydrogens (tertiary/aromatic N) is 2. The lowest BCUT2D eigenvalue weighted by molar-refractivity contribution is -0.128. The van der Waals surface area contributed by atoms with E-state index in [9.17, 15) is 9.18 Å². The van der Waals surface area contributed by atoms with Crippen LogP contribution in [0.3, 0.4) is 0 Å².